The molecule has 6 heteroatoms. The van der Waals surface area contributed by atoms with Crippen molar-refractivity contribution in [2.75, 3.05) is 19.0 Å². The van der Waals surface area contributed by atoms with Crippen LogP contribution in [0.15, 0.2) is 24.3 Å². The molecule has 2 fully saturated rings. The molecule has 1 saturated carbocycles. The number of anilines is 1. The minimum atomic E-state index is -0.312. The Morgan fingerprint density at radius 3 is 2.52 bits per heavy atom. The van der Waals surface area contributed by atoms with Gasteiger partial charge in [0, 0.05) is 24.9 Å². The maximum absolute atomic E-state index is 12.3. The fourth-order valence-corrected chi connectivity index (χ4v) is 3.18. The summed E-state index contributed by atoms with van der Waals surface area (Å²) in [6, 6.07) is 6.56. The van der Waals surface area contributed by atoms with Crippen molar-refractivity contribution >= 4 is 17.6 Å². The molecule has 2 atom stereocenters. The van der Waals surface area contributed by atoms with Crippen LogP contribution < -0.4 is 16.0 Å². The molecule has 3 amide bonds. The predicted molar refractivity (Wildman–Crippen MR) is 87.5 cm³/mol. The molecule has 1 aromatic carbocycles. The van der Waals surface area contributed by atoms with Crippen LogP contribution in [0.1, 0.15) is 36.5 Å². The summed E-state index contributed by atoms with van der Waals surface area (Å²) in [6.45, 7) is 2.75. The van der Waals surface area contributed by atoms with Crippen LogP contribution >= 0.6 is 0 Å². The minimum absolute atomic E-state index is 0.115. The quantitative estimate of drug-likeness (QED) is 0.796. The summed E-state index contributed by atoms with van der Waals surface area (Å²) in [5.74, 6) is 0.429. The molecule has 3 N–H and O–H groups in total. The molecule has 1 saturated heterocycles. The third-order valence-corrected chi connectivity index (χ3v) is 4.63. The van der Waals surface area contributed by atoms with Gasteiger partial charge in [0.05, 0.1) is 11.6 Å². The number of benzene rings is 1. The molecule has 0 unspecified atom stereocenters. The number of carbonyl (C=O) groups is 2. The van der Waals surface area contributed by atoms with E-state index in [1.54, 1.807) is 31.3 Å². The lowest BCUT2D eigenvalue weighted by molar-refractivity contribution is 0.0597. The van der Waals surface area contributed by atoms with Crippen LogP contribution in [0.4, 0.5) is 10.5 Å². The molecule has 1 heterocycles. The van der Waals surface area contributed by atoms with Gasteiger partial charge in [0.25, 0.3) is 5.91 Å². The van der Waals surface area contributed by atoms with E-state index in [0.29, 0.717) is 23.8 Å². The minimum Gasteiger partial charge on any atom is -0.375 e. The fraction of sp³-hybridized carbons (Fsp3) is 0.529. The zero-order valence-corrected chi connectivity index (χ0v) is 13.5. The highest BCUT2D eigenvalue weighted by Crippen LogP contribution is 2.43. The Kier molecular flexibility index (Phi) is 4.26. The first-order valence-electron chi connectivity index (χ1n) is 8.05. The van der Waals surface area contributed by atoms with Gasteiger partial charge < -0.3 is 20.7 Å². The van der Waals surface area contributed by atoms with Crippen molar-refractivity contribution < 1.29 is 14.3 Å². The Labute approximate surface area is 136 Å². The van der Waals surface area contributed by atoms with Crippen LogP contribution in [0.25, 0.3) is 0 Å². The molecule has 0 bridgehead atoms. The Balaban J connectivity index is 1.59. The summed E-state index contributed by atoms with van der Waals surface area (Å²) in [5.41, 5.74) is 0.900. The second-order valence-corrected chi connectivity index (χ2v) is 6.53. The first-order chi connectivity index (χ1) is 11.0. The van der Waals surface area contributed by atoms with Gasteiger partial charge in [-0.05, 0) is 56.4 Å². The lowest BCUT2D eigenvalue weighted by Crippen LogP contribution is -2.53. The normalized spacial score (nSPS) is 26.6. The van der Waals surface area contributed by atoms with Crippen LogP contribution in [-0.2, 0) is 4.74 Å². The smallest absolute Gasteiger partial charge is 0.319 e. The number of hydrogen-bond acceptors (Lipinski definition) is 3. The third-order valence-electron chi connectivity index (χ3n) is 4.63. The molecule has 23 heavy (non-hydrogen) atoms. The van der Waals surface area contributed by atoms with Crippen LogP contribution in [-0.4, -0.2) is 37.2 Å². The SMILES string of the molecule is CNC(=O)c1ccc(NC(=O)N[C@@]2(C)CCO[C@H]2C2CC2)cc1. The molecule has 1 aliphatic carbocycles. The van der Waals surface area contributed by atoms with E-state index in [0.717, 1.165) is 6.42 Å². The molecule has 3 rings (SSSR count). The van der Waals surface area contributed by atoms with Crippen LogP contribution in [0, 0.1) is 5.92 Å². The maximum atomic E-state index is 12.3. The van der Waals surface area contributed by atoms with Crippen LogP contribution in [0.2, 0.25) is 0 Å². The molecule has 6 nitrogen and oxygen atoms in total. The Bertz CT molecular complexity index is 598. The van der Waals surface area contributed by atoms with Gasteiger partial charge in [-0.25, -0.2) is 4.79 Å². The molecule has 1 aliphatic heterocycles. The number of carbonyl (C=O) groups excluding carboxylic acids is 2. The number of hydrogen-bond donors (Lipinski definition) is 3. The number of nitrogens with one attached hydrogen (secondary N) is 3. The van der Waals surface area contributed by atoms with E-state index in [1.165, 1.54) is 12.8 Å². The van der Waals surface area contributed by atoms with Gasteiger partial charge in [-0.1, -0.05) is 0 Å². The fourth-order valence-electron chi connectivity index (χ4n) is 3.18. The van der Waals surface area contributed by atoms with E-state index in [1.807, 2.05) is 0 Å². The predicted octanol–water partition coefficient (Wildman–Crippen LogP) is 2.13. The van der Waals surface area contributed by atoms with Gasteiger partial charge >= 0.3 is 6.03 Å². The van der Waals surface area contributed by atoms with Gasteiger partial charge in [0.2, 0.25) is 0 Å². The van der Waals surface area contributed by atoms with Crippen molar-refractivity contribution in [3.8, 4) is 0 Å². The molecule has 0 spiro atoms. The molecule has 0 aromatic heterocycles. The van der Waals surface area contributed by atoms with Crippen molar-refractivity contribution in [2.24, 2.45) is 5.92 Å². The number of urea groups is 1. The van der Waals surface area contributed by atoms with Crippen molar-refractivity contribution in [2.45, 2.75) is 37.8 Å². The Morgan fingerprint density at radius 2 is 1.91 bits per heavy atom. The van der Waals surface area contributed by atoms with Crippen molar-refractivity contribution in [3.63, 3.8) is 0 Å². The summed E-state index contributed by atoms with van der Waals surface area (Å²) in [6.07, 6.45) is 3.32. The molecule has 124 valence electrons. The average molecular weight is 317 g/mol. The standard InChI is InChI=1S/C17H23N3O3/c1-17(9-10-23-14(17)11-3-4-11)20-16(22)19-13-7-5-12(6-8-13)15(21)18-2/h5-8,11,14H,3-4,9-10H2,1-2H3,(H,18,21)(H2,19,20,22)/t14-,17-/m0/s1. The molecule has 2 aliphatic rings. The number of ether oxygens (including phenoxy) is 1. The van der Waals surface area contributed by atoms with Crippen LogP contribution in [0.3, 0.4) is 0 Å². The van der Waals surface area contributed by atoms with Crippen LogP contribution in [0.5, 0.6) is 0 Å². The monoisotopic (exact) mass is 317 g/mol. The summed E-state index contributed by atoms with van der Waals surface area (Å²) < 4.78 is 5.81. The van der Waals surface area contributed by atoms with E-state index in [4.69, 9.17) is 4.74 Å². The summed E-state index contributed by atoms with van der Waals surface area (Å²) >= 11 is 0. The third kappa shape index (κ3) is 3.47. The van der Waals surface area contributed by atoms with Crippen molar-refractivity contribution in [1.82, 2.24) is 10.6 Å². The summed E-state index contributed by atoms with van der Waals surface area (Å²) in [4.78, 5) is 23.8. The van der Waals surface area contributed by atoms with Gasteiger partial charge in [-0.15, -0.1) is 0 Å². The lowest BCUT2D eigenvalue weighted by atomic mass is 9.90. The zero-order chi connectivity index (χ0) is 16.4. The lowest BCUT2D eigenvalue weighted by Gasteiger charge is -2.31. The Hall–Kier alpha value is -2.08. The summed E-state index contributed by atoms with van der Waals surface area (Å²) in [5, 5.41) is 8.45. The highest BCUT2D eigenvalue weighted by atomic mass is 16.5. The number of rotatable bonds is 4. The number of amides is 3. The first kappa shape index (κ1) is 15.8. The topological polar surface area (TPSA) is 79.5 Å². The van der Waals surface area contributed by atoms with Gasteiger partial charge in [-0.3, -0.25) is 4.79 Å². The highest BCUT2D eigenvalue weighted by molar-refractivity contribution is 5.95. The van der Waals surface area contributed by atoms with E-state index in [2.05, 4.69) is 22.9 Å². The zero-order valence-electron chi connectivity index (χ0n) is 13.5. The van der Waals surface area contributed by atoms with E-state index < -0.39 is 0 Å². The van der Waals surface area contributed by atoms with Crippen molar-refractivity contribution in [3.05, 3.63) is 29.8 Å². The van der Waals surface area contributed by atoms with E-state index in [9.17, 15) is 9.59 Å². The summed E-state index contributed by atoms with van der Waals surface area (Å²) in [7, 11) is 1.59. The van der Waals surface area contributed by atoms with E-state index >= 15 is 0 Å². The largest absolute Gasteiger partial charge is 0.375 e. The second kappa shape index (κ2) is 6.20. The average Bonchev–Trinajstić information content (AvgIpc) is 3.30. The molecular formula is C17H23N3O3. The second-order valence-electron chi connectivity index (χ2n) is 6.53. The molecule has 0 radical (unpaired) electrons. The maximum Gasteiger partial charge on any atom is 0.319 e. The van der Waals surface area contributed by atoms with Gasteiger partial charge in [-0.2, -0.15) is 0 Å². The van der Waals surface area contributed by atoms with E-state index in [-0.39, 0.29) is 23.6 Å². The van der Waals surface area contributed by atoms with Gasteiger partial charge in [0.15, 0.2) is 0 Å². The van der Waals surface area contributed by atoms with Gasteiger partial charge in [0.1, 0.15) is 0 Å². The highest BCUT2D eigenvalue weighted by Gasteiger charge is 2.49. The molecular weight excluding hydrogens is 294 g/mol. The van der Waals surface area contributed by atoms with Crippen molar-refractivity contribution in [1.29, 1.82) is 0 Å². The first-order valence-corrected chi connectivity index (χ1v) is 8.05. The molecule has 1 aromatic rings. The Morgan fingerprint density at radius 1 is 1.22 bits per heavy atom.